The zero-order chi connectivity index (χ0) is 13.1. The normalized spacial score (nSPS) is 11.0. The number of hydrogen-bond donors (Lipinski definition) is 1. The van der Waals surface area contributed by atoms with E-state index in [-0.39, 0.29) is 5.82 Å². The van der Waals surface area contributed by atoms with E-state index in [1.54, 1.807) is 0 Å². The van der Waals surface area contributed by atoms with Crippen molar-refractivity contribution in [1.82, 2.24) is 19.6 Å². The van der Waals surface area contributed by atoms with Crippen molar-refractivity contribution in [2.75, 3.05) is 0 Å². The fraction of sp³-hybridized carbons (Fsp3) is 0.500. The molecule has 1 N–H and O–H groups in total. The Balaban J connectivity index is 2.57. The summed E-state index contributed by atoms with van der Waals surface area (Å²) in [5.74, 6) is -0.949. The zero-order valence-electron chi connectivity index (χ0n) is 10.6. The Hall–Kier alpha value is -1.98. The van der Waals surface area contributed by atoms with Crippen LogP contribution < -0.4 is 0 Å². The Morgan fingerprint density at radius 1 is 1.28 bits per heavy atom. The number of carboxylic acids is 1. The Morgan fingerprint density at radius 2 is 2.00 bits per heavy atom. The average molecular weight is 248 g/mol. The third-order valence-corrected chi connectivity index (χ3v) is 2.64. The lowest BCUT2D eigenvalue weighted by atomic mass is 10.2. The second-order valence-corrected chi connectivity index (χ2v) is 4.19. The summed E-state index contributed by atoms with van der Waals surface area (Å²) in [6, 6.07) is 1.99. The van der Waals surface area contributed by atoms with Gasteiger partial charge in [0.1, 0.15) is 0 Å². The lowest BCUT2D eigenvalue weighted by molar-refractivity contribution is 0.0684. The van der Waals surface area contributed by atoms with Crippen molar-refractivity contribution in [1.29, 1.82) is 0 Å². The molecule has 6 heteroatoms. The zero-order valence-corrected chi connectivity index (χ0v) is 10.6. The Kier molecular flexibility index (Phi) is 3.55. The van der Waals surface area contributed by atoms with Crippen LogP contribution in [0.3, 0.4) is 0 Å². The SMILES string of the molecule is CCCc1cc(CCC)n2nc(C(=O)O)nc2n1. The average Bonchev–Trinajstić information content (AvgIpc) is 2.74. The first-order valence-corrected chi connectivity index (χ1v) is 6.14. The van der Waals surface area contributed by atoms with Crippen LogP contribution in [-0.4, -0.2) is 30.7 Å². The van der Waals surface area contributed by atoms with Gasteiger partial charge >= 0.3 is 5.97 Å². The molecular formula is C12H16N4O2. The number of nitrogens with zero attached hydrogens (tertiary/aromatic N) is 4. The molecule has 0 fully saturated rings. The molecular weight excluding hydrogens is 232 g/mol. The molecule has 0 atom stereocenters. The number of carboxylic acid groups (broad SMARTS) is 1. The Labute approximate surface area is 105 Å². The van der Waals surface area contributed by atoms with Gasteiger partial charge in [0.15, 0.2) is 0 Å². The van der Waals surface area contributed by atoms with Gasteiger partial charge in [-0.25, -0.2) is 14.3 Å². The van der Waals surface area contributed by atoms with Gasteiger partial charge < -0.3 is 5.11 Å². The summed E-state index contributed by atoms with van der Waals surface area (Å²) in [7, 11) is 0. The fourth-order valence-electron chi connectivity index (χ4n) is 1.89. The molecule has 2 aromatic heterocycles. The van der Waals surface area contributed by atoms with Crippen molar-refractivity contribution in [2.24, 2.45) is 0 Å². The molecule has 0 aliphatic heterocycles. The first-order valence-electron chi connectivity index (χ1n) is 6.14. The predicted octanol–water partition coefficient (Wildman–Crippen LogP) is 1.73. The first-order chi connectivity index (χ1) is 8.65. The molecule has 18 heavy (non-hydrogen) atoms. The van der Waals surface area contributed by atoms with Gasteiger partial charge in [0, 0.05) is 11.4 Å². The van der Waals surface area contributed by atoms with Crippen molar-refractivity contribution >= 4 is 11.7 Å². The van der Waals surface area contributed by atoms with Gasteiger partial charge in [0.2, 0.25) is 0 Å². The van der Waals surface area contributed by atoms with E-state index >= 15 is 0 Å². The molecule has 0 radical (unpaired) electrons. The van der Waals surface area contributed by atoms with Crippen LogP contribution in [0.1, 0.15) is 48.7 Å². The standard InChI is InChI=1S/C12H16N4O2/c1-3-5-8-7-9(6-4-2)16-12(13-8)14-10(15-16)11(17)18/h7H,3-6H2,1-2H3,(H,17,18). The molecule has 0 aliphatic carbocycles. The summed E-state index contributed by atoms with van der Waals surface area (Å²) in [5.41, 5.74) is 1.91. The van der Waals surface area contributed by atoms with Crippen LogP contribution in [0.25, 0.3) is 5.78 Å². The van der Waals surface area contributed by atoms with E-state index in [9.17, 15) is 4.79 Å². The van der Waals surface area contributed by atoms with Crippen molar-refractivity contribution in [3.8, 4) is 0 Å². The van der Waals surface area contributed by atoms with E-state index in [1.165, 1.54) is 4.52 Å². The van der Waals surface area contributed by atoms with Crippen molar-refractivity contribution in [3.63, 3.8) is 0 Å². The van der Waals surface area contributed by atoms with E-state index in [0.29, 0.717) is 5.78 Å². The summed E-state index contributed by atoms with van der Waals surface area (Å²) in [6.07, 6.45) is 3.65. The van der Waals surface area contributed by atoms with Crippen LogP contribution in [-0.2, 0) is 12.8 Å². The van der Waals surface area contributed by atoms with Crippen molar-refractivity contribution in [2.45, 2.75) is 39.5 Å². The lowest BCUT2D eigenvalue weighted by Crippen LogP contribution is -2.04. The number of fused-ring (bicyclic) bond motifs is 1. The van der Waals surface area contributed by atoms with E-state index < -0.39 is 5.97 Å². The second kappa shape index (κ2) is 5.12. The van der Waals surface area contributed by atoms with Crippen LogP contribution in [0.5, 0.6) is 0 Å². The fourth-order valence-corrected chi connectivity index (χ4v) is 1.89. The summed E-state index contributed by atoms with van der Waals surface area (Å²) in [4.78, 5) is 19.2. The summed E-state index contributed by atoms with van der Waals surface area (Å²) < 4.78 is 1.53. The third kappa shape index (κ3) is 2.32. The maximum Gasteiger partial charge on any atom is 0.375 e. The minimum Gasteiger partial charge on any atom is -0.475 e. The highest BCUT2D eigenvalue weighted by molar-refractivity contribution is 5.83. The van der Waals surface area contributed by atoms with Crippen LogP contribution in [0.2, 0.25) is 0 Å². The molecule has 2 aromatic rings. The van der Waals surface area contributed by atoms with Gasteiger partial charge in [0.05, 0.1) is 0 Å². The Bertz CT molecular complexity index is 577. The molecule has 0 saturated carbocycles. The molecule has 6 nitrogen and oxygen atoms in total. The number of aryl methyl sites for hydroxylation is 2. The van der Waals surface area contributed by atoms with Crippen LogP contribution in [0.15, 0.2) is 6.07 Å². The molecule has 0 spiro atoms. The minimum atomic E-state index is -1.13. The molecule has 0 saturated heterocycles. The van der Waals surface area contributed by atoms with Crippen LogP contribution in [0, 0.1) is 0 Å². The lowest BCUT2D eigenvalue weighted by Gasteiger charge is -2.05. The highest BCUT2D eigenvalue weighted by atomic mass is 16.4. The van der Waals surface area contributed by atoms with Gasteiger partial charge in [0.25, 0.3) is 11.6 Å². The van der Waals surface area contributed by atoms with Gasteiger partial charge in [-0.15, -0.1) is 5.10 Å². The molecule has 96 valence electrons. The summed E-state index contributed by atoms with van der Waals surface area (Å²) in [5, 5.41) is 12.9. The summed E-state index contributed by atoms with van der Waals surface area (Å²) in [6.45, 7) is 4.15. The molecule has 0 unspecified atom stereocenters. The highest BCUT2D eigenvalue weighted by Gasteiger charge is 2.14. The van der Waals surface area contributed by atoms with E-state index in [0.717, 1.165) is 37.1 Å². The largest absolute Gasteiger partial charge is 0.475 e. The maximum atomic E-state index is 10.9. The molecule has 0 aromatic carbocycles. The molecule has 2 rings (SSSR count). The molecule has 0 aliphatic rings. The van der Waals surface area contributed by atoms with Crippen molar-refractivity contribution in [3.05, 3.63) is 23.3 Å². The van der Waals surface area contributed by atoms with Gasteiger partial charge in [-0.2, -0.15) is 4.98 Å². The molecule has 0 bridgehead atoms. The van der Waals surface area contributed by atoms with E-state index in [2.05, 4.69) is 28.9 Å². The van der Waals surface area contributed by atoms with Gasteiger partial charge in [-0.1, -0.05) is 26.7 Å². The van der Waals surface area contributed by atoms with E-state index in [4.69, 9.17) is 5.11 Å². The van der Waals surface area contributed by atoms with Gasteiger partial charge in [-0.3, -0.25) is 0 Å². The minimum absolute atomic E-state index is 0.200. The van der Waals surface area contributed by atoms with Crippen LogP contribution in [0.4, 0.5) is 0 Å². The second-order valence-electron chi connectivity index (χ2n) is 4.19. The third-order valence-electron chi connectivity index (χ3n) is 2.64. The first kappa shape index (κ1) is 12.5. The quantitative estimate of drug-likeness (QED) is 0.871. The maximum absolute atomic E-state index is 10.9. The molecule has 0 amide bonds. The predicted molar refractivity (Wildman–Crippen MR) is 65.7 cm³/mol. The van der Waals surface area contributed by atoms with Gasteiger partial charge in [-0.05, 0) is 18.9 Å². The number of aromatic nitrogens is 4. The number of carbonyl (C=O) groups is 1. The number of aromatic carboxylic acids is 1. The topological polar surface area (TPSA) is 80.4 Å². The smallest absolute Gasteiger partial charge is 0.375 e. The van der Waals surface area contributed by atoms with Crippen molar-refractivity contribution < 1.29 is 9.90 Å². The van der Waals surface area contributed by atoms with Crippen LogP contribution >= 0.6 is 0 Å². The number of rotatable bonds is 5. The summed E-state index contributed by atoms with van der Waals surface area (Å²) >= 11 is 0. The monoisotopic (exact) mass is 248 g/mol. The number of hydrogen-bond acceptors (Lipinski definition) is 4. The Morgan fingerprint density at radius 3 is 2.61 bits per heavy atom. The molecule has 2 heterocycles. The highest BCUT2D eigenvalue weighted by Crippen LogP contribution is 2.10. The van der Waals surface area contributed by atoms with E-state index in [1.807, 2.05) is 6.07 Å².